The smallest absolute Gasteiger partial charge is 0.270 e. The number of carbonyl (C=O) groups is 2. The molecule has 2 aromatic heterocycles. The molecule has 3 atom stereocenters. The van der Waals surface area contributed by atoms with E-state index in [9.17, 15) is 9.59 Å². The lowest BCUT2D eigenvalue weighted by Gasteiger charge is -2.46. The van der Waals surface area contributed by atoms with Gasteiger partial charge in [0, 0.05) is 35.1 Å². The van der Waals surface area contributed by atoms with Crippen LogP contribution in [0.25, 0.3) is 11.1 Å². The number of rotatable bonds is 7. The highest BCUT2D eigenvalue weighted by atomic mass is 19.1. The minimum absolute atomic E-state index is 0.0425. The van der Waals surface area contributed by atoms with Crippen molar-refractivity contribution in [3.05, 3.63) is 53.6 Å². The Morgan fingerprint density at radius 3 is 2.39 bits per heavy atom. The molecule has 1 aromatic carbocycles. The summed E-state index contributed by atoms with van der Waals surface area (Å²) in [6, 6.07) is 7.96. The normalized spacial score (nSPS) is 21.8. The van der Waals surface area contributed by atoms with Crippen molar-refractivity contribution in [2.75, 3.05) is 5.32 Å². The first kappa shape index (κ1) is 27.5. The SMILES string of the molecule is Cc1n[nH]c(C)c1-c1ccc(NC(=O)[C@@H](NC(=O)c2ccnn2C(C)C)C2CC(C)(C)CCC2(C)F)cc1. The molecule has 3 aromatic rings. The van der Waals surface area contributed by atoms with Crippen molar-refractivity contribution in [3.8, 4) is 11.1 Å². The zero-order chi connectivity index (χ0) is 27.8. The van der Waals surface area contributed by atoms with Crippen LogP contribution < -0.4 is 10.6 Å². The molecule has 0 bridgehead atoms. The Morgan fingerprint density at radius 2 is 1.79 bits per heavy atom. The Hall–Kier alpha value is -3.49. The van der Waals surface area contributed by atoms with Crippen molar-refractivity contribution in [3.63, 3.8) is 0 Å². The molecule has 1 aliphatic carbocycles. The molecule has 38 heavy (non-hydrogen) atoms. The standard InChI is InChI=1S/C29H39FN6O2/c1-17(2)36-23(12-15-31-36)26(37)33-25(22-16-28(5,6)13-14-29(22,7)30)27(38)32-21-10-8-20(9-11-21)24-18(3)34-35-19(24)4/h8-12,15,17,22,25H,13-14,16H2,1-7H3,(H,32,38)(H,33,37)(H,34,35)/t22?,25-,29?/m0/s1. The summed E-state index contributed by atoms with van der Waals surface area (Å²) < 4.78 is 17.6. The second-order valence-electron chi connectivity index (χ2n) is 11.8. The number of amides is 2. The van der Waals surface area contributed by atoms with Crippen molar-refractivity contribution in [1.82, 2.24) is 25.3 Å². The first-order valence-electron chi connectivity index (χ1n) is 13.3. The van der Waals surface area contributed by atoms with Crippen LogP contribution in [-0.4, -0.2) is 43.5 Å². The summed E-state index contributed by atoms with van der Waals surface area (Å²) in [4.78, 5) is 27.1. The fraction of sp³-hybridized carbons (Fsp3) is 0.517. The lowest BCUT2D eigenvalue weighted by molar-refractivity contribution is -0.123. The molecule has 9 heteroatoms. The number of hydrogen-bond donors (Lipinski definition) is 3. The van der Waals surface area contributed by atoms with Crippen LogP contribution in [0.3, 0.4) is 0 Å². The summed E-state index contributed by atoms with van der Waals surface area (Å²) in [7, 11) is 0. The third kappa shape index (κ3) is 5.66. The number of carbonyl (C=O) groups excluding carboxylic acids is 2. The fourth-order valence-electron chi connectivity index (χ4n) is 5.53. The number of aryl methyl sites for hydroxylation is 2. The molecule has 0 radical (unpaired) electrons. The molecule has 2 heterocycles. The summed E-state index contributed by atoms with van der Waals surface area (Å²) in [5, 5.41) is 17.3. The zero-order valence-corrected chi connectivity index (χ0v) is 23.4. The molecule has 0 saturated heterocycles. The number of hydrogen-bond acceptors (Lipinski definition) is 4. The average molecular weight is 523 g/mol. The van der Waals surface area contributed by atoms with Crippen LogP contribution in [0.1, 0.15) is 81.8 Å². The summed E-state index contributed by atoms with van der Waals surface area (Å²) in [5.74, 6) is -1.58. The highest BCUT2D eigenvalue weighted by Crippen LogP contribution is 2.47. The van der Waals surface area contributed by atoms with E-state index in [1.807, 2.05) is 52.0 Å². The number of nitrogens with one attached hydrogen (secondary N) is 3. The van der Waals surface area contributed by atoms with E-state index >= 15 is 4.39 Å². The van der Waals surface area contributed by atoms with E-state index in [4.69, 9.17) is 0 Å². The van der Waals surface area contributed by atoms with Crippen molar-refractivity contribution in [1.29, 1.82) is 0 Å². The van der Waals surface area contributed by atoms with E-state index in [0.29, 0.717) is 30.6 Å². The van der Waals surface area contributed by atoms with Crippen LogP contribution in [0.5, 0.6) is 0 Å². The molecular weight excluding hydrogens is 483 g/mol. The van der Waals surface area contributed by atoms with Gasteiger partial charge in [0.05, 0.1) is 5.69 Å². The van der Waals surface area contributed by atoms with Gasteiger partial charge in [-0.3, -0.25) is 19.4 Å². The van der Waals surface area contributed by atoms with Crippen LogP contribution in [0.4, 0.5) is 10.1 Å². The highest BCUT2D eigenvalue weighted by molar-refractivity contribution is 6.01. The predicted octanol–water partition coefficient (Wildman–Crippen LogP) is 5.76. The maximum atomic E-state index is 16.0. The average Bonchev–Trinajstić information content (AvgIpc) is 3.47. The minimum atomic E-state index is -1.61. The number of H-pyrrole nitrogens is 1. The predicted molar refractivity (Wildman–Crippen MR) is 147 cm³/mol. The summed E-state index contributed by atoms with van der Waals surface area (Å²) >= 11 is 0. The van der Waals surface area contributed by atoms with E-state index in [0.717, 1.165) is 22.5 Å². The molecule has 0 spiro atoms. The molecule has 1 aliphatic rings. The van der Waals surface area contributed by atoms with Crippen LogP contribution >= 0.6 is 0 Å². The Kier molecular flexibility index (Phi) is 7.50. The number of halogens is 1. The molecule has 3 N–H and O–H groups in total. The van der Waals surface area contributed by atoms with Gasteiger partial charge in [-0.25, -0.2) is 4.39 Å². The van der Waals surface area contributed by atoms with E-state index < -0.39 is 29.4 Å². The Morgan fingerprint density at radius 1 is 1.11 bits per heavy atom. The number of aromatic amines is 1. The summed E-state index contributed by atoms with van der Waals surface area (Å²) in [6.45, 7) is 13.5. The van der Waals surface area contributed by atoms with Gasteiger partial charge in [0.1, 0.15) is 17.4 Å². The van der Waals surface area contributed by atoms with Crippen LogP contribution in [0, 0.1) is 25.2 Å². The summed E-state index contributed by atoms with van der Waals surface area (Å²) in [6.07, 6.45) is 3.07. The molecule has 2 unspecified atom stereocenters. The van der Waals surface area contributed by atoms with Gasteiger partial charge in [-0.15, -0.1) is 0 Å². The number of alkyl halides is 1. The molecule has 8 nitrogen and oxygen atoms in total. The first-order chi connectivity index (χ1) is 17.8. The summed E-state index contributed by atoms with van der Waals surface area (Å²) in [5.41, 5.74) is 3.00. The fourth-order valence-corrected chi connectivity index (χ4v) is 5.53. The topological polar surface area (TPSA) is 105 Å². The minimum Gasteiger partial charge on any atom is -0.338 e. The van der Waals surface area contributed by atoms with Crippen LogP contribution in [0.2, 0.25) is 0 Å². The first-order valence-corrected chi connectivity index (χ1v) is 13.3. The molecule has 204 valence electrons. The third-order valence-electron chi connectivity index (χ3n) is 7.77. The molecule has 1 saturated carbocycles. The van der Waals surface area contributed by atoms with E-state index in [-0.39, 0.29) is 11.5 Å². The Labute approximate surface area is 223 Å². The van der Waals surface area contributed by atoms with Crippen molar-refractivity contribution < 1.29 is 14.0 Å². The van der Waals surface area contributed by atoms with Gasteiger partial charge < -0.3 is 10.6 Å². The Bertz CT molecular complexity index is 1290. The molecule has 1 fully saturated rings. The van der Waals surface area contributed by atoms with E-state index in [1.54, 1.807) is 23.9 Å². The highest BCUT2D eigenvalue weighted by Gasteiger charge is 2.49. The van der Waals surface area contributed by atoms with Crippen molar-refractivity contribution in [2.45, 2.75) is 85.5 Å². The molecular formula is C29H39FN6O2. The number of anilines is 1. The maximum Gasteiger partial charge on any atom is 0.270 e. The molecule has 0 aliphatic heterocycles. The van der Waals surface area contributed by atoms with Crippen LogP contribution in [0.15, 0.2) is 36.5 Å². The van der Waals surface area contributed by atoms with Gasteiger partial charge in [0.15, 0.2) is 0 Å². The maximum absolute atomic E-state index is 16.0. The lowest BCUT2D eigenvalue weighted by atomic mass is 9.64. The number of nitrogens with zero attached hydrogens (tertiary/aromatic N) is 3. The van der Waals surface area contributed by atoms with Gasteiger partial charge in [0.25, 0.3) is 5.91 Å². The lowest BCUT2D eigenvalue weighted by Crippen LogP contribution is -2.57. The molecule has 2 amide bonds. The van der Waals surface area contributed by atoms with Gasteiger partial charge in [-0.05, 0) is 83.1 Å². The van der Waals surface area contributed by atoms with Crippen molar-refractivity contribution in [2.24, 2.45) is 11.3 Å². The zero-order valence-electron chi connectivity index (χ0n) is 23.4. The van der Waals surface area contributed by atoms with Gasteiger partial charge in [-0.1, -0.05) is 26.0 Å². The quantitative estimate of drug-likeness (QED) is 0.367. The van der Waals surface area contributed by atoms with Crippen molar-refractivity contribution >= 4 is 17.5 Å². The number of benzene rings is 1. The van der Waals surface area contributed by atoms with Gasteiger partial charge >= 0.3 is 0 Å². The second kappa shape index (κ2) is 10.3. The van der Waals surface area contributed by atoms with Gasteiger partial charge in [0.2, 0.25) is 5.91 Å². The van der Waals surface area contributed by atoms with Crippen LogP contribution in [-0.2, 0) is 4.79 Å². The monoisotopic (exact) mass is 522 g/mol. The van der Waals surface area contributed by atoms with E-state index in [1.165, 1.54) is 0 Å². The largest absolute Gasteiger partial charge is 0.338 e. The van der Waals surface area contributed by atoms with E-state index in [2.05, 4.69) is 39.8 Å². The second-order valence-corrected chi connectivity index (χ2v) is 11.8. The van der Waals surface area contributed by atoms with Gasteiger partial charge in [-0.2, -0.15) is 10.2 Å². The third-order valence-corrected chi connectivity index (χ3v) is 7.77. The number of aromatic nitrogens is 4. The Balaban J connectivity index is 1.62. The molecule has 4 rings (SSSR count).